The average Bonchev–Trinajstić information content (AvgIpc) is 2.66. The van der Waals surface area contributed by atoms with Crippen molar-refractivity contribution in [1.82, 2.24) is 19.9 Å². The topological polar surface area (TPSA) is 68.2 Å². The van der Waals surface area contributed by atoms with Gasteiger partial charge in [0.25, 0.3) is 5.91 Å². The number of fused-ring (bicyclic) bond motifs is 1. The summed E-state index contributed by atoms with van der Waals surface area (Å²) in [6, 6.07) is 13.4. The largest absolute Gasteiger partial charge is 0.467 e. The van der Waals surface area contributed by atoms with Gasteiger partial charge in [0.2, 0.25) is 5.88 Å². The van der Waals surface area contributed by atoms with Crippen LogP contribution in [0.3, 0.4) is 0 Å². The van der Waals surface area contributed by atoms with Crippen molar-refractivity contribution in [2.75, 3.05) is 13.7 Å². The van der Waals surface area contributed by atoms with Crippen molar-refractivity contribution in [3.63, 3.8) is 0 Å². The van der Waals surface area contributed by atoms with Crippen LogP contribution in [-0.4, -0.2) is 45.5 Å². The van der Waals surface area contributed by atoms with Gasteiger partial charge in [-0.2, -0.15) is 0 Å². The summed E-state index contributed by atoms with van der Waals surface area (Å²) in [5.41, 5.74) is 1.74. The Bertz CT molecular complexity index is 849. The molecule has 0 N–H and O–H groups in total. The highest BCUT2D eigenvalue weighted by Crippen LogP contribution is 2.20. The first-order valence-electron chi connectivity index (χ1n) is 8.13. The normalized spacial score (nSPS) is 11.9. The van der Waals surface area contributed by atoms with E-state index in [1.54, 1.807) is 18.1 Å². The third-order valence-corrected chi connectivity index (χ3v) is 4.12. The summed E-state index contributed by atoms with van der Waals surface area (Å²) in [5.74, 6) is 0.316. The lowest BCUT2D eigenvalue weighted by Gasteiger charge is -2.24. The van der Waals surface area contributed by atoms with Gasteiger partial charge < -0.3 is 9.64 Å². The van der Waals surface area contributed by atoms with Crippen molar-refractivity contribution >= 4 is 16.8 Å². The summed E-state index contributed by atoms with van der Waals surface area (Å²) in [6.07, 6.45) is 3.89. The molecule has 1 aromatic carbocycles. The van der Waals surface area contributed by atoms with Gasteiger partial charge in [0.1, 0.15) is 6.33 Å². The van der Waals surface area contributed by atoms with E-state index in [0.717, 1.165) is 16.6 Å². The first kappa shape index (κ1) is 16.8. The predicted molar refractivity (Wildman–Crippen MR) is 95.2 cm³/mol. The molecule has 0 bridgehead atoms. The zero-order valence-corrected chi connectivity index (χ0v) is 14.3. The molecule has 0 aliphatic rings. The number of pyridine rings is 1. The zero-order chi connectivity index (χ0) is 17.6. The number of hydrogen-bond acceptors (Lipinski definition) is 5. The molecule has 0 aliphatic heterocycles. The predicted octanol–water partition coefficient (Wildman–Crippen LogP) is 2.49. The van der Waals surface area contributed by atoms with Crippen molar-refractivity contribution in [2.24, 2.45) is 0 Å². The number of nitrogens with zero attached hydrogens (tertiary/aromatic N) is 4. The molecule has 3 aromatic rings. The zero-order valence-electron chi connectivity index (χ0n) is 14.3. The molecule has 6 heteroatoms. The Morgan fingerprint density at radius 1 is 1.12 bits per heavy atom. The van der Waals surface area contributed by atoms with Crippen LogP contribution in [0.1, 0.15) is 12.6 Å². The Hall–Kier alpha value is -3.02. The Morgan fingerprint density at radius 2 is 1.92 bits per heavy atom. The molecular formula is C19H20N4O2. The van der Waals surface area contributed by atoms with E-state index in [0.29, 0.717) is 12.3 Å². The van der Waals surface area contributed by atoms with Gasteiger partial charge in [-0.1, -0.05) is 18.2 Å². The van der Waals surface area contributed by atoms with Gasteiger partial charge in [0, 0.05) is 31.4 Å². The number of carbonyl (C=O) groups is 1. The van der Waals surface area contributed by atoms with E-state index in [2.05, 4.69) is 15.0 Å². The number of benzene rings is 1. The second kappa shape index (κ2) is 7.70. The lowest BCUT2D eigenvalue weighted by molar-refractivity contribution is -0.133. The Kier molecular flexibility index (Phi) is 5.18. The number of likely N-dealkylation sites (N-methyl/N-ethyl adjacent to an activating group) is 1. The number of ether oxygens (including phenoxy) is 1. The van der Waals surface area contributed by atoms with E-state index in [-0.39, 0.29) is 18.6 Å². The summed E-state index contributed by atoms with van der Waals surface area (Å²) in [4.78, 5) is 26.7. The van der Waals surface area contributed by atoms with Gasteiger partial charge in [-0.25, -0.2) is 9.97 Å². The Labute approximate surface area is 146 Å². The van der Waals surface area contributed by atoms with Crippen molar-refractivity contribution in [3.8, 4) is 5.88 Å². The highest BCUT2D eigenvalue weighted by Gasteiger charge is 2.18. The minimum absolute atomic E-state index is 0.0214. The summed E-state index contributed by atoms with van der Waals surface area (Å²) in [6.45, 7) is 1.93. The molecule has 0 fully saturated rings. The second-order valence-electron chi connectivity index (χ2n) is 5.86. The van der Waals surface area contributed by atoms with Crippen LogP contribution in [0, 0.1) is 0 Å². The van der Waals surface area contributed by atoms with E-state index in [1.807, 2.05) is 49.4 Å². The van der Waals surface area contributed by atoms with Crippen LogP contribution in [0.2, 0.25) is 0 Å². The highest BCUT2D eigenvalue weighted by atomic mass is 16.5. The van der Waals surface area contributed by atoms with Crippen LogP contribution in [0.15, 0.2) is 55.0 Å². The van der Waals surface area contributed by atoms with E-state index >= 15 is 0 Å². The van der Waals surface area contributed by atoms with Crippen LogP contribution in [0.5, 0.6) is 5.88 Å². The lowest BCUT2D eigenvalue weighted by Crippen LogP contribution is -2.39. The van der Waals surface area contributed by atoms with E-state index in [1.165, 1.54) is 6.33 Å². The fourth-order valence-corrected chi connectivity index (χ4v) is 2.53. The van der Waals surface area contributed by atoms with Gasteiger partial charge in [-0.05, 0) is 31.2 Å². The van der Waals surface area contributed by atoms with Gasteiger partial charge in [-0.3, -0.25) is 9.78 Å². The molecule has 25 heavy (non-hydrogen) atoms. The van der Waals surface area contributed by atoms with E-state index < -0.39 is 0 Å². The van der Waals surface area contributed by atoms with Crippen LogP contribution in [0.25, 0.3) is 10.9 Å². The smallest absolute Gasteiger partial charge is 0.260 e. The van der Waals surface area contributed by atoms with Gasteiger partial charge in [-0.15, -0.1) is 0 Å². The van der Waals surface area contributed by atoms with Crippen LogP contribution < -0.4 is 4.74 Å². The molecule has 0 aliphatic carbocycles. The number of carbonyl (C=O) groups excluding carboxylic acids is 1. The molecule has 1 amide bonds. The van der Waals surface area contributed by atoms with Gasteiger partial charge in [0.05, 0.1) is 10.9 Å². The first-order chi connectivity index (χ1) is 12.1. The van der Waals surface area contributed by atoms with Crippen molar-refractivity contribution in [1.29, 1.82) is 0 Å². The average molecular weight is 336 g/mol. The number of amides is 1. The maximum Gasteiger partial charge on any atom is 0.260 e. The quantitative estimate of drug-likeness (QED) is 0.692. The minimum atomic E-state index is -0.105. The molecule has 0 saturated carbocycles. The molecule has 0 radical (unpaired) electrons. The molecule has 2 aromatic heterocycles. The number of hydrogen-bond donors (Lipinski definition) is 0. The highest BCUT2D eigenvalue weighted by molar-refractivity contribution is 5.84. The van der Waals surface area contributed by atoms with Gasteiger partial charge >= 0.3 is 0 Å². The van der Waals surface area contributed by atoms with Crippen LogP contribution >= 0.6 is 0 Å². The maximum absolute atomic E-state index is 12.4. The fraction of sp³-hybridized carbons (Fsp3) is 0.263. The van der Waals surface area contributed by atoms with Crippen molar-refractivity contribution < 1.29 is 9.53 Å². The Balaban J connectivity index is 1.61. The number of aromatic nitrogens is 3. The molecule has 0 spiro atoms. The number of rotatable bonds is 6. The Morgan fingerprint density at radius 3 is 2.72 bits per heavy atom. The summed E-state index contributed by atoms with van der Waals surface area (Å²) in [5, 5.41) is 0.794. The molecule has 6 nitrogen and oxygen atoms in total. The van der Waals surface area contributed by atoms with Gasteiger partial charge in [0.15, 0.2) is 6.61 Å². The molecule has 1 atom stereocenters. The molecule has 0 unspecified atom stereocenters. The maximum atomic E-state index is 12.4. The van der Waals surface area contributed by atoms with Crippen molar-refractivity contribution in [2.45, 2.75) is 19.4 Å². The second-order valence-corrected chi connectivity index (χ2v) is 5.86. The standard InChI is InChI=1S/C19H20N4O2/c1-14(11-15-7-5-6-10-20-15)23(2)18(24)12-25-19-16-8-3-4-9-17(16)21-13-22-19/h3-10,13-14H,11-12H2,1-2H3/t14-/m0/s1. The molecular weight excluding hydrogens is 316 g/mol. The lowest BCUT2D eigenvalue weighted by atomic mass is 10.1. The minimum Gasteiger partial charge on any atom is -0.467 e. The third kappa shape index (κ3) is 4.09. The SMILES string of the molecule is C[C@@H](Cc1ccccn1)N(C)C(=O)COc1ncnc2ccccc12. The fourth-order valence-electron chi connectivity index (χ4n) is 2.53. The molecule has 128 valence electrons. The summed E-state index contributed by atoms with van der Waals surface area (Å²) < 4.78 is 5.64. The molecule has 2 heterocycles. The van der Waals surface area contributed by atoms with Crippen LogP contribution in [-0.2, 0) is 11.2 Å². The third-order valence-electron chi connectivity index (χ3n) is 4.12. The first-order valence-corrected chi connectivity index (χ1v) is 8.13. The van der Waals surface area contributed by atoms with Crippen LogP contribution in [0.4, 0.5) is 0 Å². The van der Waals surface area contributed by atoms with Crippen molar-refractivity contribution in [3.05, 3.63) is 60.7 Å². The number of para-hydroxylation sites is 1. The van der Waals surface area contributed by atoms with E-state index in [4.69, 9.17) is 4.74 Å². The monoisotopic (exact) mass is 336 g/mol. The molecule has 0 saturated heterocycles. The summed E-state index contributed by atoms with van der Waals surface area (Å²) >= 11 is 0. The van der Waals surface area contributed by atoms with E-state index in [9.17, 15) is 4.79 Å². The summed E-state index contributed by atoms with van der Waals surface area (Å²) in [7, 11) is 1.78. The molecule has 3 rings (SSSR count).